The summed E-state index contributed by atoms with van der Waals surface area (Å²) in [6.45, 7) is 0. The van der Waals surface area contributed by atoms with Crippen molar-refractivity contribution in [3.63, 3.8) is 0 Å². The van der Waals surface area contributed by atoms with Crippen LogP contribution < -0.4 is 18.8 Å². The Morgan fingerprint density at radius 1 is 0.762 bits per heavy atom. The molecule has 0 unspecified atom stereocenters. The highest BCUT2D eigenvalue weighted by molar-refractivity contribution is 6.20. The Morgan fingerprint density at radius 2 is 1.19 bits per heavy atom. The summed E-state index contributed by atoms with van der Waals surface area (Å²) < 4.78 is 46.9. The highest BCUT2D eigenvalue weighted by Gasteiger charge is 2.11. The van der Waals surface area contributed by atoms with Gasteiger partial charge in [-0.3, -0.25) is 0 Å². The number of methoxy groups -OCH3 is 2. The van der Waals surface area contributed by atoms with Gasteiger partial charge in [0.1, 0.15) is 23.0 Å². The molecule has 0 aromatic heterocycles. The highest BCUT2D eigenvalue weighted by atomic mass is 19.1. The van der Waals surface area contributed by atoms with Crippen LogP contribution in [0.3, 0.4) is 0 Å². The van der Waals surface area contributed by atoms with E-state index in [1.165, 1.54) is 50.6 Å². The van der Waals surface area contributed by atoms with E-state index < -0.39 is 11.6 Å². The van der Waals surface area contributed by atoms with Crippen molar-refractivity contribution in [1.29, 1.82) is 0 Å². The van der Waals surface area contributed by atoms with E-state index in [0.29, 0.717) is 11.5 Å². The molecule has 0 atom stereocenters. The second-order valence-corrected chi connectivity index (χ2v) is 3.92. The summed E-state index contributed by atoms with van der Waals surface area (Å²) in [6.07, 6.45) is 0. The lowest BCUT2D eigenvalue weighted by molar-refractivity contribution is 0.393. The molecule has 0 heterocycles. The van der Waals surface area contributed by atoms with Gasteiger partial charge in [0.25, 0.3) is 0 Å². The predicted octanol–water partition coefficient (Wildman–Crippen LogP) is 2.97. The Bertz CT molecular complexity index is 568. The average molecular weight is 293 g/mol. The molecule has 0 spiro atoms. The van der Waals surface area contributed by atoms with Crippen molar-refractivity contribution in [1.82, 2.24) is 0 Å². The topological polar surface area (TPSA) is 36.9 Å². The van der Waals surface area contributed by atoms with Crippen molar-refractivity contribution in [3.05, 3.63) is 48.0 Å². The van der Waals surface area contributed by atoms with Crippen LogP contribution in [-0.4, -0.2) is 21.9 Å². The van der Waals surface area contributed by atoms with Crippen molar-refractivity contribution >= 4 is 7.69 Å². The van der Waals surface area contributed by atoms with Crippen molar-refractivity contribution in [2.24, 2.45) is 0 Å². The van der Waals surface area contributed by atoms with Crippen molar-refractivity contribution in [2.45, 2.75) is 0 Å². The SMILES string of the molecule is COc1ccc(F)c(O[B]Oc2cc(OC)ccc2F)c1. The highest BCUT2D eigenvalue weighted by Crippen LogP contribution is 2.25. The van der Waals surface area contributed by atoms with Gasteiger partial charge in [-0.05, 0) is 24.3 Å². The Labute approximate surface area is 121 Å². The largest absolute Gasteiger partial charge is 0.658 e. The maximum Gasteiger partial charge on any atom is 0.658 e. The summed E-state index contributed by atoms with van der Waals surface area (Å²) in [6, 6.07) is 7.96. The van der Waals surface area contributed by atoms with Gasteiger partial charge in [-0.1, -0.05) is 0 Å². The molecule has 0 aliphatic rings. The standard InChI is InChI=1S/C14H12BF2O4/c1-18-9-3-5-11(16)13(7-9)20-15-21-14-8-10(19-2)4-6-12(14)17/h3-8H,1-2H3. The fourth-order valence-corrected chi connectivity index (χ4v) is 1.53. The number of hydrogen-bond donors (Lipinski definition) is 0. The summed E-state index contributed by atoms with van der Waals surface area (Å²) in [5, 5.41) is 0. The van der Waals surface area contributed by atoms with Crippen molar-refractivity contribution in [2.75, 3.05) is 14.2 Å². The first kappa shape index (κ1) is 15.0. The monoisotopic (exact) mass is 293 g/mol. The van der Waals surface area contributed by atoms with Crippen LogP contribution in [0, 0.1) is 11.6 Å². The third-order valence-electron chi connectivity index (χ3n) is 2.63. The lowest BCUT2D eigenvalue weighted by Gasteiger charge is -2.10. The van der Waals surface area contributed by atoms with Gasteiger partial charge in [-0.15, -0.1) is 0 Å². The number of ether oxygens (including phenoxy) is 2. The Hall–Kier alpha value is -2.44. The minimum absolute atomic E-state index is 0.0994. The molecule has 0 aliphatic heterocycles. The van der Waals surface area contributed by atoms with Gasteiger partial charge in [0, 0.05) is 12.1 Å². The van der Waals surface area contributed by atoms with Crippen molar-refractivity contribution < 1.29 is 27.6 Å². The number of benzene rings is 2. The first-order valence-electron chi connectivity index (χ1n) is 5.96. The second-order valence-electron chi connectivity index (χ2n) is 3.92. The lowest BCUT2D eigenvalue weighted by atomic mass is 10.2. The first-order valence-corrected chi connectivity index (χ1v) is 5.96. The third-order valence-corrected chi connectivity index (χ3v) is 2.63. The van der Waals surface area contributed by atoms with Crippen LogP contribution in [0.2, 0.25) is 0 Å². The van der Waals surface area contributed by atoms with Crippen LogP contribution in [0.1, 0.15) is 0 Å². The van der Waals surface area contributed by atoms with Gasteiger partial charge in [-0.2, -0.15) is 0 Å². The minimum Gasteiger partial charge on any atom is -0.524 e. The normalized spacial score (nSPS) is 9.90. The molecule has 0 N–H and O–H groups in total. The molecule has 0 aliphatic carbocycles. The summed E-state index contributed by atoms with van der Waals surface area (Å²) >= 11 is 0. The van der Waals surface area contributed by atoms with Gasteiger partial charge < -0.3 is 18.8 Å². The molecular weight excluding hydrogens is 281 g/mol. The maximum atomic E-state index is 13.5. The predicted molar refractivity (Wildman–Crippen MR) is 72.9 cm³/mol. The van der Waals surface area contributed by atoms with Crippen LogP contribution in [0.5, 0.6) is 23.0 Å². The summed E-state index contributed by atoms with van der Waals surface area (Å²) in [5.41, 5.74) is 0. The molecule has 21 heavy (non-hydrogen) atoms. The van der Waals surface area contributed by atoms with Crippen LogP contribution in [0.15, 0.2) is 36.4 Å². The molecule has 4 nitrogen and oxygen atoms in total. The van der Waals surface area contributed by atoms with Gasteiger partial charge in [0.05, 0.1) is 14.2 Å². The Morgan fingerprint density at radius 3 is 1.57 bits per heavy atom. The molecule has 0 amide bonds. The van der Waals surface area contributed by atoms with Crippen LogP contribution in [0.25, 0.3) is 0 Å². The van der Waals surface area contributed by atoms with E-state index in [-0.39, 0.29) is 11.5 Å². The Balaban J connectivity index is 2.01. The fourth-order valence-electron chi connectivity index (χ4n) is 1.53. The molecule has 1 radical (unpaired) electrons. The van der Waals surface area contributed by atoms with Crippen LogP contribution in [0.4, 0.5) is 8.78 Å². The van der Waals surface area contributed by atoms with Crippen LogP contribution in [-0.2, 0) is 0 Å². The minimum atomic E-state index is -0.596. The van der Waals surface area contributed by atoms with Gasteiger partial charge in [-0.25, -0.2) is 8.78 Å². The zero-order valence-corrected chi connectivity index (χ0v) is 11.4. The van der Waals surface area contributed by atoms with Gasteiger partial charge in [0.2, 0.25) is 0 Å². The Kier molecular flexibility index (Phi) is 4.87. The molecule has 2 aromatic rings. The third kappa shape index (κ3) is 3.78. The van der Waals surface area contributed by atoms with E-state index in [9.17, 15) is 8.78 Å². The van der Waals surface area contributed by atoms with Gasteiger partial charge in [0.15, 0.2) is 11.6 Å². The molecule has 0 fully saturated rings. The zero-order chi connectivity index (χ0) is 15.2. The molecule has 0 saturated heterocycles. The molecule has 109 valence electrons. The number of hydrogen-bond acceptors (Lipinski definition) is 4. The number of rotatable bonds is 6. The van der Waals surface area contributed by atoms with E-state index >= 15 is 0 Å². The second kappa shape index (κ2) is 6.83. The molecule has 0 bridgehead atoms. The van der Waals surface area contributed by atoms with E-state index in [4.69, 9.17) is 18.8 Å². The fraction of sp³-hybridized carbons (Fsp3) is 0.143. The maximum absolute atomic E-state index is 13.5. The lowest BCUT2D eigenvalue weighted by Crippen LogP contribution is -2.12. The molecule has 0 saturated carbocycles. The summed E-state index contributed by atoms with van der Waals surface area (Å²) in [4.78, 5) is 0. The average Bonchev–Trinajstić information content (AvgIpc) is 2.51. The first-order chi connectivity index (χ1) is 10.1. The molecule has 2 rings (SSSR count). The molecular formula is C14H12BF2O4. The quantitative estimate of drug-likeness (QED) is 0.767. The van der Waals surface area contributed by atoms with E-state index in [1.807, 2.05) is 0 Å². The summed E-state index contributed by atoms with van der Waals surface area (Å²) in [7, 11) is 3.72. The zero-order valence-electron chi connectivity index (χ0n) is 11.4. The number of halogens is 2. The van der Waals surface area contributed by atoms with E-state index in [0.717, 1.165) is 7.69 Å². The van der Waals surface area contributed by atoms with E-state index in [1.54, 1.807) is 0 Å². The van der Waals surface area contributed by atoms with Gasteiger partial charge >= 0.3 is 7.69 Å². The smallest absolute Gasteiger partial charge is 0.524 e. The molecule has 2 aromatic carbocycles. The summed E-state index contributed by atoms with van der Waals surface area (Å²) in [5.74, 6) is -0.543. The van der Waals surface area contributed by atoms with Crippen molar-refractivity contribution in [3.8, 4) is 23.0 Å². The molecule has 7 heteroatoms. The van der Waals surface area contributed by atoms with E-state index in [2.05, 4.69) is 0 Å². The van der Waals surface area contributed by atoms with Crippen LogP contribution >= 0.6 is 0 Å².